The number of carbonyl (C=O) groups is 2. The van der Waals surface area contributed by atoms with Crippen molar-refractivity contribution < 1.29 is 14.7 Å². The topological polar surface area (TPSA) is 72.9 Å². The van der Waals surface area contributed by atoms with Crippen LogP contribution in [-0.4, -0.2) is 66.2 Å². The van der Waals surface area contributed by atoms with Crippen LogP contribution in [0.4, 0.5) is 4.79 Å². The summed E-state index contributed by atoms with van der Waals surface area (Å²) in [5, 5.41) is 12.4. The zero-order valence-corrected chi connectivity index (χ0v) is 13.8. The van der Waals surface area contributed by atoms with Crippen molar-refractivity contribution in [1.29, 1.82) is 0 Å². The molecule has 1 saturated heterocycles. The largest absolute Gasteiger partial charge is 0.480 e. The number of nitrogens with zero attached hydrogens (tertiary/aromatic N) is 2. The average Bonchev–Trinajstić information content (AvgIpc) is 2.36. The number of amides is 2. The molecule has 6 heteroatoms. The van der Waals surface area contributed by atoms with Crippen molar-refractivity contribution in [3.63, 3.8) is 0 Å². The van der Waals surface area contributed by atoms with Crippen LogP contribution in [0.3, 0.4) is 0 Å². The van der Waals surface area contributed by atoms with Crippen molar-refractivity contribution in [2.24, 2.45) is 11.8 Å². The number of likely N-dealkylation sites (tertiary alicyclic amines) is 1. The second kappa shape index (κ2) is 7.64. The molecule has 0 radical (unpaired) electrons. The number of urea groups is 1. The van der Waals surface area contributed by atoms with Gasteiger partial charge in [-0.2, -0.15) is 0 Å². The van der Waals surface area contributed by atoms with E-state index in [1.807, 2.05) is 25.9 Å². The van der Waals surface area contributed by atoms with E-state index in [0.29, 0.717) is 12.5 Å². The molecular weight excluding hydrogens is 270 g/mol. The second-order valence-corrected chi connectivity index (χ2v) is 6.66. The highest BCUT2D eigenvalue weighted by Crippen LogP contribution is 2.23. The van der Waals surface area contributed by atoms with Crippen molar-refractivity contribution in [1.82, 2.24) is 15.1 Å². The smallest absolute Gasteiger partial charge is 0.326 e. The molecule has 3 unspecified atom stereocenters. The monoisotopic (exact) mass is 299 g/mol. The number of carbonyl (C=O) groups excluding carboxylic acids is 1. The highest BCUT2D eigenvalue weighted by atomic mass is 16.4. The maximum Gasteiger partial charge on any atom is 0.326 e. The minimum absolute atomic E-state index is 0.00616. The van der Waals surface area contributed by atoms with Gasteiger partial charge in [-0.15, -0.1) is 0 Å². The highest BCUT2D eigenvalue weighted by molar-refractivity contribution is 5.83. The Balaban J connectivity index is 2.77. The molecule has 0 aromatic heterocycles. The lowest BCUT2D eigenvalue weighted by Gasteiger charge is -2.38. The SMILES string of the molecule is CC(C)C(CN(C)C)NC(=O)N1CCCC(C)C1C(=O)O. The highest BCUT2D eigenvalue weighted by Gasteiger charge is 2.37. The minimum Gasteiger partial charge on any atom is -0.480 e. The van der Waals surface area contributed by atoms with Gasteiger partial charge in [-0.05, 0) is 38.8 Å². The molecule has 1 aliphatic heterocycles. The third kappa shape index (κ3) is 4.88. The number of rotatable bonds is 5. The number of hydrogen-bond acceptors (Lipinski definition) is 3. The Labute approximate surface area is 127 Å². The molecule has 1 aliphatic rings. The Morgan fingerprint density at radius 2 is 2.00 bits per heavy atom. The zero-order valence-electron chi connectivity index (χ0n) is 13.8. The van der Waals surface area contributed by atoms with Gasteiger partial charge in [-0.1, -0.05) is 20.8 Å². The Morgan fingerprint density at radius 1 is 1.38 bits per heavy atom. The van der Waals surface area contributed by atoms with Crippen molar-refractivity contribution in [3.05, 3.63) is 0 Å². The van der Waals surface area contributed by atoms with Gasteiger partial charge >= 0.3 is 12.0 Å². The number of piperidine rings is 1. The van der Waals surface area contributed by atoms with Crippen LogP contribution in [0, 0.1) is 11.8 Å². The van der Waals surface area contributed by atoms with Crippen LogP contribution in [0.15, 0.2) is 0 Å². The molecule has 1 fully saturated rings. The van der Waals surface area contributed by atoms with E-state index < -0.39 is 12.0 Å². The molecule has 0 aromatic rings. The molecule has 1 heterocycles. The van der Waals surface area contributed by atoms with Gasteiger partial charge in [0.05, 0.1) is 0 Å². The number of nitrogens with one attached hydrogen (secondary N) is 1. The minimum atomic E-state index is -0.911. The summed E-state index contributed by atoms with van der Waals surface area (Å²) in [6, 6.07) is -0.959. The lowest BCUT2D eigenvalue weighted by molar-refractivity contribution is -0.145. The molecule has 122 valence electrons. The Hall–Kier alpha value is -1.30. The molecule has 3 atom stereocenters. The molecule has 0 saturated carbocycles. The van der Waals surface area contributed by atoms with Gasteiger partial charge in [-0.25, -0.2) is 9.59 Å². The molecular formula is C15H29N3O3. The van der Waals surface area contributed by atoms with Crippen LogP contribution < -0.4 is 5.32 Å². The summed E-state index contributed by atoms with van der Waals surface area (Å²) in [7, 11) is 3.93. The van der Waals surface area contributed by atoms with Crippen molar-refractivity contribution in [2.75, 3.05) is 27.2 Å². The normalized spacial score (nSPS) is 24.2. The lowest BCUT2D eigenvalue weighted by atomic mass is 9.91. The third-order valence-electron chi connectivity index (χ3n) is 4.12. The van der Waals surface area contributed by atoms with Crippen LogP contribution in [-0.2, 0) is 4.79 Å². The molecule has 6 nitrogen and oxygen atoms in total. The van der Waals surface area contributed by atoms with Crippen molar-refractivity contribution >= 4 is 12.0 Å². The van der Waals surface area contributed by atoms with Gasteiger partial charge in [0.1, 0.15) is 6.04 Å². The first-order chi connectivity index (χ1) is 9.73. The van der Waals surface area contributed by atoms with E-state index in [9.17, 15) is 14.7 Å². The number of hydrogen-bond donors (Lipinski definition) is 2. The van der Waals surface area contributed by atoms with Crippen LogP contribution in [0.5, 0.6) is 0 Å². The molecule has 0 aromatic carbocycles. The van der Waals surface area contributed by atoms with Crippen molar-refractivity contribution in [3.8, 4) is 0 Å². The van der Waals surface area contributed by atoms with E-state index >= 15 is 0 Å². The summed E-state index contributed by atoms with van der Waals surface area (Å²) in [5.74, 6) is -0.624. The molecule has 2 amide bonds. The van der Waals surface area contributed by atoms with E-state index in [2.05, 4.69) is 19.2 Å². The molecule has 1 rings (SSSR count). The summed E-state index contributed by atoms with van der Waals surface area (Å²) < 4.78 is 0. The lowest BCUT2D eigenvalue weighted by Crippen LogP contribution is -2.58. The first-order valence-corrected chi connectivity index (χ1v) is 7.68. The van der Waals surface area contributed by atoms with Gasteiger partial charge in [0, 0.05) is 19.1 Å². The van der Waals surface area contributed by atoms with Crippen LogP contribution in [0.1, 0.15) is 33.6 Å². The maximum absolute atomic E-state index is 12.5. The molecule has 0 spiro atoms. The van der Waals surface area contributed by atoms with E-state index in [1.54, 1.807) is 0 Å². The fourth-order valence-electron chi connectivity index (χ4n) is 2.85. The van der Waals surface area contributed by atoms with Gasteiger partial charge < -0.3 is 20.2 Å². The summed E-state index contributed by atoms with van der Waals surface area (Å²) in [5.41, 5.74) is 0. The fraction of sp³-hybridized carbons (Fsp3) is 0.867. The van der Waals surface area contributed by atoms with Gasteiger partial charge in [0.15, 0.2) is 0 Å². The van der Waals surface area contributed by atoms with E-state index in [4.69, 9.17) is 0 Å². The number of aliphatic carboxylic acids is 1. The van der Waals surface area contributed by atoms with Crippen LogP contribution in [0.25, 0.3) is 0 Å². The predicted octanol–water partition coefficient (Wildman–Crippen LogP) is 1.47. The Bertz CT molecular complexity index is 371. The zero-order chi connectivity index (χ0) is 16.2. The van der Waals surface area contributed by atoms with Crippen LogP contribution >= 0.6 is 0 Å². The standard InChI is InChI=1S/C15H29N3O3/c1-10(2)12(9-17(4)5)16-15(21)18-8-6-7-11(3)13(18)14(19)20/h10-13H,6-9H2,1-5H3,(H,16,21)(H,19,20). The summed E-state index contributed by atoms with van der Waals surface area (Å²) >= 11 is 0. The molecule has 2 N–H and O–H groups in total. The molecule has 0 bridgehead atoms. The first kappa shape index (κ1) is 17.8. The Kier molecular flexibility index (Phi) is 6.45. The number of carboxylic acid groups (broad SMARTS) is 1. The Morgan fingerprint density at radius 3 is 2.48 bits per heavy atom. The number of likely N-dealkylation sites (N-methyl/N-ethyl adjacent to an activating group) is 1. The van der Waals surface area contributed by atoms with Crippen LogP contribution in [0.2, 0.25) is 0 Å². The van der Waals surface area contributed by atoms with Gasteiger partial charge in [0.25, 0.3) is 0 Å². The molecule has 21 heavy (non-hydrogen) atoms. The van der Waals surface area contributed by atoms with Crippen molar-refractivity contribution in [2.45, 2.75) is 45.7 Å². The summed E-state index contributed by atoms with van der Waals surface area (Å²) in [6.45, 7) is 7.27. The fourth-order valence-corrected chi connectivity index (χ4v) is 2.85. The maximum atomic E-state index is 12.5. The predicted molar refractivity (Wildman–Crippen MR) is 82.2 cm³/mol. The van der Waals surface area contributed by atoms with Gasteiger partial charge in [-0.3, -0.25) is 0 Å². The summed E-state index contributed by atoms with van der Waals surface area (Å²) in [4.78, 5) is 27.4. The van der Waals surface area contributed by atoms with E-state index in [0.717, 1.165) is 19.4 Å². The average molecular weight is 299 g/mol. The van der Waals surface area contributed by atoms with E-state index in [1.165, 1.54) is 4.90 Å². The number of carboxylic acids is 1. The second-order valence-electron chi connectivity index (χ2n) is 6.66. The first-order valence-electron chi connectivity index (χ1n) is 7.68. The molecule has 0 aliphatic carbocycles. The summed E-state index contributed by atoms with van der Waals surface area (Å²) in [6.07, 6.45) is 1.71. The van der Waals surface area contributed by atoms with E-state index in [-0.39, 0.29) is 18.0 Å². The van der Waals surface area contributed by atoms with Gasteiger partial charge in [0.2, 0.25) is 0 Å². The third-order valence-corrected chi connectivity index (χ3v) is 4.12. The quantitative estimate of drug-likeness (QED) is 0.806.